The monoisotopic (exact) mass is 459 g/mol. The molecule has 6 heteroatoms. The predicted molar refractivity (Wildman–Crippen MR) is 107 cm³/mol. The van der Waals surface area contributed by atoms with Gasteiger partial charge in [0, 0.05) is 14.8 Å². The smallest absolute Gasteiger partial charge is 0.260 e. The van der Waals surface area contributed by atoms with Gasteiger partial charge in [-0.05, 0) is 83.5 Å². The van der Waals surface area contributed by atoms with Crippen LogP contribution in [0.5, 0.6) is 5.75 Å². The first-order valence-corrected chi connectivity index (χ1v) is 8.99. The zero-order chi connectivity index (χ0) is 17.7. The van der Waals surface area contributed by atoms with Gasteiger partial charge in [-0.25, -0.2) is 4.39 Å². The summed E-state index contributed by atoms with van der Waals surface area (Å²) < 4.78 is 25.9. The highest BCUT2D eigenvalue weighted by Crippen LogP contribution is 2.27. The van der Waals surface area contributed by atoms with Gasteiger partial charge >= 0.3 is 0 Å². The van der Waals surface area contributed by atoms with Gasteiger partial charge in [0.25, 0.3) is 5.17 Å². The molecule has 2 aromatic carbocycles. The molecular weight excluding hydrogens is 440 g/mol. The largest absolute Gasteiger partial charge is 0.486 e. The van der Waals surface area contributed by atoms with Crippen LogP contribution < -0.4 is 10.1 Å². The fourth-order valence-electron chi connectivity index (χ4n) is 2.32. The van der Waals surface area contributed by atoms with E-state index >= 15 is 0 Å². The molecule has 0 radical (unpaired) electrons. The van der Waals surface area contributed by atoms with Crippen molar-refractivity contribution in [3.05, 3.63) is 56.4 Å². The van der Waals surface area contributed by atoms with Crippen molar-refractivity contribution in [2.75, 3.05) is 12.4 Å². The van der Waals surface area contributed by atoms with Crippen LogP contribution in [0.2, 0.25) is 0 Å². The Labute approximate surface area is 160 Å². The number of halogens is 2. The molecule has 0 aliphatic heterocycles. The van der Waals surface area contributed by atoms with Crippen LogP contribution >= 0.6 is 34.8 Å². The quantitative estimate of drug-likeness (QED) is 0.491. The van der Waals surface area contributed by atoms with Crippen molar-refractivity contribution in [2.24, 2.45) is 0 Å². The van der Waals surface area contributed by atoms with Crippen molar-refractivity contribution in [1.29, 1.82) is 0 Å². The Morgan fingerprint density at radius 2 is 2.08 bits per heavy atom. The summed E-state index contributed by atoms with van der Waals surface area (Å²) in [5.74, 6) is -0.0880. The van der Waals surface area contributed by atoms with Crippen LogP contribution in [0.25, 0.3) is 0 Å². The minimum absolute atomic E-state index is 0.232. The second-order valence-corrected chi connectivity index (χ2v) is 6.77. The van der Waals surface area contributed by atoms with E-state index in [4.69, 9.17) is 21.7 Å². The second-order valence-electron chi connectivity index (χ2n) is 5.23. The van der Waals surface area contributed by atoms with Crippen molar-refractivity contribution in [1.82, 2.24) is 0 Å². The van der Waals surface area contributed by atoms with Crippen molar-refractivity contribution >= 4 is 45.7 Å². The van der Waals surface area contributed by atoms with Gasteiger partial charge < -0.3 is 14.8 Å². The topological polar surface area (TPSA) is 30.5 Å². The van der Waals surface area contributed by atoms with Crippen LogP contribution in [0.15, 0.2) is 30.3 Å². The van der Waals surface area contributed by atoms with Crippen molar-refractivity contribution in [3.8, 4) is 5.75 Å². The molecule has 0 fully saturated rings. The molecule has 0 aliphatic carbocycles. The predicted octanol–water partition coefficient (Wildman–Crippen LogP) is 5.22. The van der Waals surface area contributed by atoms with Crippen LogP contribution in [0.4, 0.5) is 10.1 Å². The molecule has 2 rings (SSSR count). The van der Waals surface area contributed by atoms with Gasteiger partial charge in [-0.15, -0.1) is 0 Å². The maximum atomic E-state index is 14.2. The number of ether oxygens (including phenoxy) is 2. The zero-order valence-electron chi connectivity index (χ0n) is 13.8. The Morgan fingerprint density at radius 3 is 2.75 bits per heavy atom. The van der Waals surface area contributed by atoms with E-state index in [0.29, 0.717) is 0 Å². The molecule has 0 unspecified atom stereocenters. The molecule has 0 aromatic heterocycles. The number of hydrogen-bond donors (Lipinski definition) is 1. The van der Waals surface area contributed by atoms with E-state index in [1.165, 1.54) is 7.11 Å². The molecule has 0 saturated heterocycles. The lowest BCUT2D eigenvalue weighted by Gasteiger charge is -2.15. The fourth-order valence-corrected chi connectivity index (χ4v) is 3.08. The van der Waals surface area contributed by atoms with E-state index in [-0.39, 0.29) is 23.3 Å². The highest BCUT2D eigenvalue weighted by molar-refractivity contribution is 14.1. The van der Waals surface area contributed by atoms with Crippen LogP contribution in [0, 0.1) is 16.3 Å². The Morgan fingerprint density at radius 1 is 1.33 bits per heavy atom. The third-order valence-electron chi connectivity index (χ3n) is 3.68. The zero-order valence-corrected chi connectivity index (χ0v) is 16.8. The summed E-state index contributed by atoms with van der Waals surface area (Å²) in [5, 5.41) is 3.28. The van der Waals surface area contributed by atoms with Crippen LogP contribution in [0.1, 0.15) is 23.6 Å². The second kappa shape index (κ2) is 8.62. The number of thiocarbonyl (C=S) groups is 1. The van der Waals surface area contributed by atoms with Gasteiger partial charge in [0.1, 0.15) is 6.61 Å². The lowest BCUT2D eigenvalue weighted by molar-refractivity contribution is 0.289. The van der Waals surface area contributed by atoms with Crippen molar-refractivity contribution in [3.63, 3.8) is 0 Å². The van der Waals surface area contributed by atoms with Crippen LogP contribution in [-0.4, -0.2) is 12.3 Å². The molecule has 1 N–H and O–H groups in total. The summed E-state index contributed by atoms with van der Waals surface area (Å²) in [4.78, 5) is 0. The van der Waals surface area contributed by atoms with Crippen LogP contribution in [0.3, 0.4) is 0 Å². The van der Waals surface area contributed by atoms with E-state index in [9.17, 15) is 4.39 Å². The van der Waals surface area contributed by atoms with E-state index < -0.39 is 0 Å². The summed E-state index contributed by atoms with van der Waals surface area (Å²) in [7, 11) is 1.51. The normalized spacial score (nSPS) is 10.4. The maximum absolute atomic E-state index is 14.2. The van der Waals surface area contributed by atoms with E-state index in [1.807, 2.05) is 32.0 Å². The molecule has 0 heterocycles. The number of hydrogen-bond acceptors (Lipinski definition) is 3. The lowest BCUT2D eigenvalue weighted by Crippen LogP contribution is -2.13. The summed E-state index contributed by atoms with van der Waals surface area (Å²) in [6, 6.07) is 9.04. The van der Waals surface area contributed by atoms with Gasteiger partial charge in [-0.1, -0.05) is 13.0 Å². The molecule has 128 valence electrons. The molecule has 0 atom stereocenters. The van der Waals surface area contributed by atoms with E-state index in [2.05, 4.69) is 27.9 Å². The fraction of sp³-hybridized carbons (Fsp3) is 0.278. The minimum atomic E-state index is -0.342. The summed E-state index contributed by atoms with van der Waals surface area (Å²) >= 11 is 7.26. The number of methoxy groups -OCH3 is 1. The highest BCUT2D eigenvalue weighted by Gasteiger charge is 2.12. The first-order chi connectivity index (χ1) is 11.5. The molecule has 2 aromatic rings. The summed E-state index contributed by atoms with van der Waals surface area (Å²) in [5.41, 5.74) is 3.70. The molecule has 0 aliphatic rings. The SMILES string of the molecule is CCc1cc(F)c(OCc2c(I)cccc2NC(=S)OC)cc1C. The molecule has 3 nitrogen and oxygen atoms in total. The third-order valence-corrected chi connectivity index (χ3v) is 4.96. The van der Waals surface area contributed by atoms with Gasteiger partial charge in [0.2, 0.25) is 0 Å². The number of rotatable bonds is 5. The standard InChI is InChI=1S/C18H19FINO2S/c1-4-12-9-14(19)17(8-11(12)2)23-10-13-15(20)6-5-7-16(13)21-18(24)22-3/h5-9H,4,10H2,1-3H3,(H,21,24). The van der Waals surface area contributed by atoms with Crippen molar-refractivity contribution in [2.45, 2.75) is 26.9 Å². The van der Waals surface area contributed by atoms with Crippen molar-refractivity contribution < 1.29 is 13.9 Å². The maximum Gasteiger partial charge on any atom is 0.260 e. The molecule has 0 saturated carbocycles. The first-order valence-electron chi connectivity index (χ1n) is 7.50. The first kappa shape index (κ1) is 18.9. The summed E-state index contributed by atoms with van der Waals surface area (Å²) in [6.07, 6.45) is 0.794. The van der Waals surface area contributed by atoms with Gasteiger partial charge in [-0.3, -0.25) is 0 Å². The average molecular weight is 459 g/mol. The highest BCUT2D eigenvalue weighted by atomic mass is 127. The molecule has 24 heavy (non-hydrogen) atoms. The van der Waals surface area contributed by atoms with E-state index in [1.54, 1.807) is 12.1 Å². The molecular formula is C18H19FINO2S. The summed E-state index contributed by atoms with van der Waals surface area (Å²) in [6.45, 7) is 4.20. The molecule has 0 spiro atoms. The van der Waals surface area contributed by atoms with Gasteiger partial charge in [0.15, 0.2) is 11.6 Å². The minimum Gasteiger partial charge on any atom is -0.486 e. The Balaban J connectivity index is 2.23. The third kappa shape index (κ3) is 4.57. The van der Waals surface area contributed by atoms with Gasteiger partial charge in [-0.2, -0.15) is 0 Å². The lowest BCUT2D eigenvalue weighted by atomic mass is 10.1. The Bertz CT molecular complexity index is 752. The number of aryl methyl sites for hydroxylation is 2. The molecule has 0 bridgehead atoms. The van der Waals surface area contributed by atoms with Gasteiger partial charge in [0.05, 0.1) is 7.11 Å². The molecule has 0 amide bonds. The number of benzene rings is 2. The van der Waals surface area contributed by atoms with Crippen LogP contribution in [-0.2, 0) is 17.8 Å². The number of nitrogens with one attached hydrogen (secondary N) is 1. The average Bonchev–Trinajstić information content (AvgIpc) is 2.56. The Hall–Kier alpha value is -1.41. The Kier molecular flexibility index (Phi) is 6.79. The van der Waals surface area contributed by atoms with E-state index in [0.717, 1.165) is 32.4 Å². The number of anilines is 1.